The van der Waals surface area contributed by atoms with Gasteiger partial charge in [0, 0.05) is 0 Å². The third-order valence-electron chi connectivity index (χ3n) is 4.91. The molecule has 0 saturated heterocycles. The maximum Gasteiger partial charge on any atom is 0.236 e. The van der Waals surface area contributed by atoms with Crippen molar-refractivity contribution < 1.29 is 9.53 Å². The number of carbonyl (C=O) groups excluding carboxylic acids is 1. The molecule has 0 spiro atoms. The molecular formula is C27H23NO2. The van der Waals surface area contributed by atoms with Crippen LogP contribution in [0.3, 0.4) is 0 Å². The Hall–Kier alpha value is -3.85. The first-order chi connectivity index (χ1) is 14.8. The summed E-state index contributed by atoms with van der Waals surface area (Å²) >= 11 is 0. The average molecular weight is 393 g/mol. The molecule has 3 heteroatoms. The van der Waals surface area contributed by atoms with E-state index in [4.69, 9.17) is 4.74 Å². The minimum Gasteiger partial charge on any atom is -0.487 e. The van der Waals surface area contributed by atoms with Gasteiger partial charge in [-0.05, 0) is 28.8 Å². The molecule has 0 atom stereocenters. The molecule has 1 N–H and O–H groups in total. The van der Waals surface area contributed by atoms with E-state index >= 15 is 0 Å². The molecule has 30 heavy (non-hydrogen) atoms. The summed E-state index contributed by atoms with van der Waals surface area (Å²) < 4.78 is 6.00. The number of hydrogen-bond donors (Lipinski definition) is 1. The summed E-state index contributed by atoms with van der Waals surface area (Å²) in [5.74, 6) is 0.146. The molecule has 4 aromatic rings. The number of nitrogens with one attached hydrogen (secondary N) is 1. The molecule has 0 bridgehead atoms. The highest BCUT2D eigenvalue weighted by atomic mass is 16.5. The summed E-state index contributed by atoms with van der Waals surface area (Å²) in [6, 6.07) is 37.2. The molecule has 0 aromatic heterocycles. The lowest BCUT2D eigenvalue weighted by Crippen LogP contribution is -2.22. The van der Waals surface area contributed by atoms with Gasteiger partial charge in [-0.15, -0.1) is 0 Å². The van der Waals surface area contributed by atoms with Crippen LogP contribution in [-0.4, -0.2) is 5.91 Å². The van der Waals surface area contributed by atoms with E-state index in [0.717, 1.165) is 16.7 Å². The summed E-state index contributed by atoms with van der Waals surface area (Å²) in [4.78, 5) is 13.4. The number of carbonyl (C=O) groups is 1. The number of anilines is 1. The molecular weight excluding hydrogens is 370 g/mol. The predicted octanol–water partition coefficient (Wildman–Crippen LogP) is 6.04. The summed E-state index contributed by atoms with van der Waals surface area (Å²) in [6.07, 6.45) is 0. The van der Waals surface area contributed by atoms with Gasteiger partial charge >= 0.3 is 0 Å². The minimum atomic E-state index is -0.408. The van der Waals surface area contributed by atoms with Crippen molar-refractivity contribution in [1.82, 2.24) is 0 Å². The number of benzene rings is 4. The van der Waals surface area contributed by atoms with Gasteiger partial charge in [0.05, 0.1) is 11.6 Å². The number of para-hydroxylation sites is 2. The van der Waals surface area contributed by atoms with Crippen LogP contribution < -0.4 is 10.1 Å². The SMILES string of the molecule is O=C(Nc1ccccc1OCc1ccccc1)C(c1ccccc1)c1ccccc1. The minimum absolute atomic E-state index is 0.0943. The van der Waals surface area contributed by atoms with Gasteiger partial charge in [-0.3, -0.25) is 4.79 Å². The topological polar surface area (TPSA) is 38.3 Å². The van der Waals surface area contributed by atoms with Crippen LogP contribution in [0.4, 0.5) is 5.69 Å². The van der Waals surface area contributed by atoms with Crippen molar-refractivity contribution in [1.29, 1.82) is 0 Å². The molecule has 4 rings (SSSR count). The third-order valence-corrected chi connectivity index (χ3v) is 4.91. The molecule has 0 fully saturated rings. The van der Waals surface area contributed by atoms with Crippen molar-refractivity contribution in [3.8, 4) is 5.75 Å². The number of ether oxygens (including phenoxy) is 1. The van der Waals surface area contributed by atoms with Crippen molar-refractivity contribution in [3.63, 3.8) is 0 Å². The van der Waals surface area contributed by atoms with Gasteiger partial charge < -0.3 is 10.1 Å². The summed E-state index contributed by atoms with van der Waals surface area (Å²) in [5.41, 5.74) is 3.63. The lowest BCUT2D eigenvalue weighted by Gasteiger charge is -2.19. The first-order valence-electron chi connectivity index (χ1n) is 9.98. The Morgan fingerprint density at radius 2 is 1.17 bits per heavy atom. The lowest BCUT2D eigenvalue weighted by atomic mass is 9.90. The van der Waals surface area contributed by atoms with Crippen LogP contribution in [0.15, 0.2) is 115 Å². The number of rotatable bonds is 7. The van der Waals surface area contributed by atoms with E-state index < -0.39 is 5.92 Å². The molecule has 4 aromatic carbocycles. The summed E-state index contributed by atoms with van der Waals surface area (Å²) in [7, 11) is 0. The maximum absolute atomic E-state index is 13.4. The summed E-state index contributed by atoms with van der Waals surface area (Å²) in [6.45, 7) is 0.439. The normalized spacial score (nSPS) is 10.6. The zero-order valence-electron chi connectivity index (χ0n) is 16.6. The molecule has 0 aliphatic rings. The van der Waals surface area contributed by atoms with Crippen LogP contribution in [0.2, 0.25) is 0 Å². The van der Waals surface area contributed by atoms with Crippen molar-refractivity contribution >= 4 is 11.6 Å². The van der Waals surface area contributed by atoms with Gasteiger partial charge in [-0.2, -0.15) is 0 Å². The Morgan fingerprint density at radius 3 is 1.77 bits per heavy atom. The van der Waals surface area contributed by atoms with Crippen LogP contribution in [0.1, 0.15) is 22.6 Å². The monoisotopic (exact) mass is 393 g/mol. The maximum atomic E-state index is 13.4. The van der Waals surface area contributed by atoms with Gasteiger partial charge in [0.2, 0.25) is 5.91 Å². The van der Waals surface area contributed by atoms with E-state index in [0.29, 0.717) is 18.0 Å². The fraction of sp³-hybridized carbons (Fsp3) is 0.0741. The molecule has 148 valence electrons. The van der Waals surface area contributed by atoms with E-state index in [-0.39, 0.29) is 5.91 Å². The highest BCUT2D eigenvalue weighted by Crippen LogP contribution is 2.30. The quantitative estimate of drug-likeness (QED) is 0.416. The second kappa shape index (κ2) is 9.57. The van der Waals surface area contributed by atoms with Crippen LogP contribution in [0.5, 0.6) is 5.75 Å². The fourth-order valence-corrected chi connectivity index (χ4v) is 3.42. The van der Waals surface area contributed by atoms with E-state index in [1.807, 2.05) is 115 Å². The van der Waals surface area contributed by atoms with E-state index in [9.17, 15) is 4.79 Å². The predicted molar refractivity (Wildman–Crippen MR) is 121 cm³/mol. The fourth-order valence-electron chi connectivity index (χ4n) is 3.42. The van der Waals surface area contributed by atoms with Crippen LogP contribution in [-0.2, 0) is 11.4 Å². The zero-order chi connectivity index (χ0) is 20.6. The Bertz CT molecular complexity index is 1040. The zero-order valence-corrected chi connectivity index (χ0v) is 16.6. The number of hydrogen-bond acceptors (Lipinski definition) is 2. The average Bonchev–Trinajstić information content (AvgIpc) is 2.81. The molecule has 0 radical (unpaired) electrons. The Kier molecular flexibility index (Phi) is 6.21. The molecule has 3 nitrogen and oxygen atoms in total. The Labute approximate surface area is 177 Å². The molecule has 0 heterocycles. The van der Waals surface area contributed by atoms with Crippen molar-refractivity contribution in [2.75, 3.05) is 5.32 Å². The van der Waals surface area contributed by atoms with Gasteiger partial charge in [0.15, 0.2) is 0 Å². The standard InChI is InChI=1S/C27H23NO2/c29-27(26(22-14-6-2-7-15-22)23-16-8-3-9-17-23)28-24-18-10-11-19-25(24)30-20-21-12-4-1-5-13-21/h1-19,26H,20H2,(H,28,29). The molecule has 1 amide bonds. The Balaban J connectivity index is 1.57. The van der Waals surface area contributed by atoms with Gasteiger partial charge in [0.25, 0.3) is 0 Å². The van der Waals surface area contributed by atoms with Crippen LogP contribution >= 0.6 is 0 Å². The van der Waals surface area contributed by atoms with Gasteiger partial charge in [0.1, 0.15) is 12.4 Å². The lowest BCUT2D eigenvalue weighted by molar-refractivity contribution is -0.116. The first-order valence-corrected chi connectivity index (χ1v) is 9.98. The van der Waals surface area contributed by atoms with Crippen molar-refractivity contribution in [2.45, 2.75) is 12.5 Å². The highest BCUT2D eigenvalue weighted by Gasteiger charge is 2.23. The van der Waals surface area contributed by atoms with Crippen molar-refractivity contribution in [3.05, 3.63) is 132 Å². The smallest absolute Gasteiger partial charge is 0.236 e. The number of amides is 1. The second-order valence-electron chi connectivity index (χ2n) is 7.01. The van der Waals surface area contributed by atoms with Crippen molar-refractivity contribution in [2.24, 2.45) is 0 Å². The Morgan fingerprint density at radius 1 is 0.667 bits per heavy atom. The molecule has 0 aliphatic heterocycles. The molecule has 0 unspecified atom stereocenters. The van der Waals surface area contributed by atoms with Crippen LogP contribution in [0.25, 0.3) is 0 Å². The largest absolute Gasteiger partial charge is 0.487 e. The van der Waals surface area contributed by atoms with E-state index in [1.54, 1.807) is 0 Å². The first kappa shape index (κ1) is 19.5. The van der Waals surface area contributed by atoms with Crippen LogP contribution in [0, 0.1) is 0 Å². The molecule has 0 aliphatic carbocycles. The van der Waals surface area contributed by atoms with Gasteiger partial charge in [-0.1, -0.05) is 103 Å². The highest BCUT2D eigenvalue weighted by molar-refractivity contribution is 5.99. The van der Waals surface area contributed by atoms with E-state index in [1.165, 1.54) is 0 Å². The van der Waals surface area contributed by atoms with Gasteiger partial charge in [-0.25, -0.2) is 0 Å². The second-order valence-corrected chi connectivity index (χ2v) is 7.01. The summed E-state index contributed by atoms with van der Waals surface area (Å²) in [5, 5.41) is 3.08. The van der Waals surface area contributed by atoms with E-state index in [2.05, 4.69) is 5.32 Å². The third kappa shape index (κ3) is 4.76. The molecule has 0 saturated carbocycles.